The van der Waals surface area contributed by atoms with Crippen molar-refractivity contribution in [2.24, 2.45) is 0 Å². The Morgan fingerprint density at radius 2 is 1.64 bits per heavy atom. The summed E-state index contributed by atoms with van der Waals surface area (Å²) in [5.41, 5.74) is 3.42. The molecule has 5 rings (SSSR count). The fourth-order valence-corrected chi connectivity index (χ4v) is 5.26. The van der Waals surface area contributed by atoms with Gasteiger partial charge in [0.25, 0.3) is 0 Å². The van der Waals surface area contributed by atoms with Gasteiger partial charge >= 0.3 is 0 Å². The average molecular weight is 494 g/mol. The number of anilines is 1. The highest BCUT2D eigenvalue weighted by molar-refractivity contribution is 8.00. The van der Waals surface area contributed by atoms with E-state index in [4.69, 9.17) is 28.2 Å². The van der Waals surface area contributed by atoms with E-state index in [1.165, 1.54) is 16.7 Å². The summed E-state index contributed by atoms with van der Waals surface area (Å²) in [5.74, 6) is -0.243. The van der Waals surface area contributed by atoms with E-state index in [1.54, 1.807) is 36.4 Å². The fourth-order valence-electron chi connectivity index (χ4n) is 3.87. The fraction of sp³-hybridized carbons (Fsp3) is 0.200. The van der Waals surface area contributed by atoms with Gasteiger partial charge in [-0.05, 0) is 60.9 Å². The summed E-state index contributed by atoms with van der Waals surface area (Å²) in [6, 6.07) is 18.1. The second kappa shape index (κ2) is 8.83. The number of carbonyl (C=O) groups is 2. The molecule has 0 N–H and O–H groups in total. The van der Waals surface area contributed by atoms with Crippen LogP contribution < -0.4 is 4.90 Å². The lowest BCUT2D eigenvalue weighted by atomic mass is 10.0. The molecule has 2 aliphatic rings. The minimum absolute atomic E-state index is 0.0443. The molecule has 1 aliphatic heterocycles. The molecule has 1 saturated carbocycles. The van der Waals surface area contributed by atoms with E-state index < -0.39 is 5.25 Å². The van der Waals surface area contributed by atoms with Gasteiger partial charge in [0.2, 0.25) is 11.8 Å². The number of aromatic nitrogens is 1. The SMILES string of the molecule is N#Cc1c(-c2ccc(Cl)cc2)cc(C2CC2)nc1S[C@@H]1CC(=O)N(c2ccc(Cl)cc2)C1=O. The average Bonchev–Trinajstić information content (AvgIpc) is 3.61. The molecule has 0 unspecified atom stereocenters. The monoisotopic (exact) mass is 493 g/mol. The molecule has 1 saturated heterocycles. The predicted octanol–water partition coefficient (Wildman–Crippen LogP) is 6.23. The Morgan fingerprint density at radius 1 is 1.00 bits per heavy atom. The zero-order chi connectivity index (χ0) is 23.1. The Labute approximate surface area is 205 Å². The molecule has 3 aromatic rings. The van der Waals surface area contributed by atoms with Gasteiger partial charge in [-0.3, -0.25) is 9.59 Å². The Morgan fingerprint density at radius 3 is 2.24 bits per heavy atom. The lowest BCUT2D eigenvalue weighted by molar-refractivity contribution is -0.121. The van der Waals surface area contributed by atoms with Crippen LogP contribution in [0.2, 0.25) is 10.0 Å². The third-order valence-electron chi connectivity index (χ3n) is 5.71. The number of amides is 2. The van der Waals surface area contributed by atoms with Crippen molar-refractivity contribution < 1.29 is 9.59 Å². The minimum atomic E-state index is -0.653. The summed E-state index contributed by atoms with van der Waals surface area (Å²) in [7, 11) is 0. The maximum Gasteiger partial charge on any atom is 0.247 e. The second-order valence-electron chi connectivity index (χ2n) is 8.02. The molecule has 8 heteroatoms. The maximum atomic E-state index is 13.2. The van der Waals surface area contributed by atoms with Crippen LogP contribution >= 0.6 is 35.0 Å². The molecule has 0 spiro atoms. The smallest absolute Gasteiger partial charge is 0.247 e. The molecule has 1 atom stereocenters. The summed E-state index contributed by atoms with van der Waals surface area (Å²) >= 11 is 13.2. The number of imide groups is 1. The Balaban J connectivity index is 1.51. The molecular formula is C25H17Cl2N3O2S. The Hall–Kier alpha value is -2.85. The molecule has 2 fully saturated rings. The van der Waals surface area contributed by atoms with E-state index in [-0.39, 0.29) is 18.2 Å². The van der Waals surface area contributed by atoms with Crippen LogP contribution in [0.25, 0.3) is 11.1 Å². The highest BCUT2D eigenvalue weighted by Gasteiger charge is 2.41. The minimum Gasteiger partial charge on any atom is -0.274 e. The molecule has 0 radical (unpaired) electrons. The number of rotatable bonds is 5. The number of hydrogen-bond donors (Lipinski definition) is 0. The van der Waals surface area contributed by atoms with Crippen LogP contribution in [0.4, 0.5) is 5.69 Å². The first-order chi connectivity index (χ1) is 15.9. The van der Waals surface area contributed by atoms with Gasteiger partial charge in [0.15, 0.2) is 0 Å². The van der Waals surface area contributed by atoms with Crippen LogP contribution in [-0.4, -0.2) is 22.0 Å². The summed E-state index contributed by atoms with van der Waals surface area (Å²) in [5, 5.41) is 11.0. The topological polar surface area (TPSA) is 74.1 Å². The number of halogens is 2. The summed E-state index contributed by atoms with van der Waals surface area (Å²) in [6.07, 6.45) is 2.14. The third kappa shape index (κ3) is 4.37. The van der Waals surface area contributed by atoms with Crippen LogP contribution in [0.15, 0.2) is 59.6 Å². The van der Waals surface area contributed by atoms with Crippen molar-refractivity contribution in [1.82, 2.24) is 4.98 Å². The lowest BCUT2D eigenvalue weighted by Gasteiger charge is -2.16. The highest BCUT2D eigenvalue weighted by atomic mass is 35.5. The largest absolute Gasteiger partial charge is 0.274 e. The first kappa shape index (κ1) is 22.0. The van der Waals surface area contributed by atoms with Crippen molar-refractivity contribution in [2.45, 2.75) is 35.5 Å². The first-order valence-corrected chi connectivity index (χ1v) is 12.1. The molecule has 1 aromatic heterocycles. The number of nitrogens with zero attached hydrogens (tertiary/aromatic N) is 3. The first-order valence-electron chi connectivity index (χ1n) is 10.4. The summed E-state index contributed by atoms with van der Waals surface area (Å²) < 4.78 is 0. The van der Waals surface area contributed by atoms with E-state index in [1.807, 2.05) is 18.2 Å². The van der Waals surface area contributed by atoms with Crippen molar-refractivity contribution >= 4 is 52.5 Å². The third-order valence-corrected chi connectivity index (χ3v) is 7.39. The van der Waals surface area contributed by atoms with E-state index in [0.717, 1.165) is 29.7 Å². The Bertz CT molecular complexity index is 1300. The summed E-state index contributed by atoms with van der Waals surface area (Å²) in [4.78, 5) is 31.8. The van der Waals surface area contributed by atoms with Crippen LogP contribution in [0.1, 0.15) is 36.4 Å². The second-order valence-corrected chi connectivity index (χ2v) is 10.1. The molecule has 2 aromatic carbocycles. The van der Waals surface area contributed by atoms with Gasteiger partial charge in [-0.15, -0.1) is 0 Å². The molecule has 1 aliphatic carbocycles. The standard InChI is InChI=1S/C25H17Cl2N3O2S/c26-16-5-3-14(4-6-16)19-11-21(15-1-2-15)29-24(20(19)13-28)33-22-12-23(31)30(25(22)32)18-9-7-17(27)8-10-18/h3-11,15,22H,1-2,12H2/t22-/m1/s1. The van der Waals surface area contributed by atoms with E-state index in [0.29, 0.717) is 32.2 Å². The number of carbonyl (C=O) groups excluding carboxylic acids is 2. The van der Waals surface area contributed by atoms with E-state index >= 15 is 0 Å². The molecule has 33 heavy (non-hydrogen) atoms. The Kier molecular flexibility index (Phi) is 5.88. The van der Waals surface area contributed by atoms with Crippen molar-refractivity contribution in [3.63, 3.8) is 0 Å². The van der Waals surface area contributed by atoms with Gasteiger partial charge in [0.1, 0.15) is 11.1 Å². The van der Waals surface area contributed by atoms with Gasteiger partial charge in [-0.1, -0.05) is 47.1 Å². The van der Waals surface area contributed by atoms with Crippen LogP contribution in [0.3, 0.4) is 0 Å². The number of hydrogen-bond acceptors (Lipinski definition) is 5. The van der Waals surface area contributed by atoms with Gasteiger partial charge in [-0.2, -0.15) is 5.26 Å². The van der Waals surface area contributed by atoms with Gasteiger partial charge in [0, 0.05) is 33.6 Å². The molecule has 0 bridgehead atoms. The highest BCUT2D eigenvalue weighted by Crippen LogP contribution is 2.44. The van der Waals surface area contributed by atoms with Gasteiger partial charge < -0.3 is 0 Å². The molecule has 164 valence electrons. The van der Waals surface area contributed by atoms with Crippen molar-refractivity contribution in [2.75, 3.05) is 4.90 Å². The maximum absolute atomic E-state index is 13.2. The number of benzene rings is 2. The molecule has 2 heterocycles. The predicted molar refractivity (Wildman–Crippen MR) is 130 cm³/mol. The van der Waals surface area contributed by atoms with E-state index in [2.05, 4.69) is 6.07 Å². The van der Waals surface area contributed by atoms with Crippen molar-refractivity contribution in [3.05, 3.63) is 75.9 Å². The molecular weight excluding hydrogens is 477 g/mol. The zero-order valence-electron chi connectivity index (χ0n) is 17.3. The van der Waals surface area contributed by atoms with E-state index in [9.17, 15) is 14.9 Å². The molecule has 2 amide bonds. The number of pyridine rings is 1. The quantitative estimate of drug-likeness (QED) is 0.393. The van der Waals surface area contributed by atoms with Gasteiger partial charge in [0.05, 0.1) is 16.5 Å². The van der Waals surface area contributed by atoms with Crippen LogP contribution in [-0.2, 0) is 9.59 Å². The van der Waals surface area contributed by atoms with Crippen LogP contribution in [0, 0.1) is 11.3 Å². The normalized spacial score (nSPS) is 18.0. The van der Waals surface area contributed by atoms with Gasteiger partial charge in [-0.25, -0.2) is 9.88 Å². The number of nitriles is 1. The lowest BCUT2D eigenvalue weighted by Crippen LogP contribution is -2.31. The van der Waals surface area contributed by atoms with Crippen molar-refractivity contribution in [1.29, 1.82) is 5.26 Å². The molecule has 5 nitrogen and oxygen atoms in total. The summed E-state index contributed by atoms with van der Waals surface area (Å²) in [6.45, 7) is 0. The zero-order valence-corrected chi connectivity index (χ0v) is 19.6. The number of thioether (sulfide) groups is 1. The van der Waals surface area contributed by atoms with Crippen molar-refractivity contribution in [3.8, 4) is 17.2 Å². The van der Waals surface area contributed by atoms with Crippen LogP contribution in [0.5, 0.6) is 0 Å².